The van der Waals surface area contributed by atoms with Crippen molar-refractivity contribution < 1.29 is 19.1 Å². The highest BCUT2D eigenvalue weighted by Gasteiger charge is 2.23. The highest BCUT2D eigenvalue weighted by Crippen LogP contribution is 2.18. The third-order valence-electron chi connectivity index (χ3n) is 3.12. The van der Waals surface area contributed by atoms with E-state index in [1.54, 1.807) is 39.0 Å². The average molecular weight is 333 g/mol. The molecule has 3 N–H and O–H groups in total. The van der Waals surface area contributed by atoms with Gasteiger partial charge in [0.2, 0.25) is 5.91 Å². The van der Waals surface area contributed by atoms with E-state index in [2.05, 4.69) is 16.0 Å². The van der Waals surface area contributed by atoms with E-state index in [-0.39, 0.29) is 24.4 Å². The van der Waals surface area contributed by atoms with Gasteiger partial charge < -0.3 is 15.4 Å². The average Bonchev–Trinajstić information content (AvgIpc) is 3.26. The third-order valence-corrected chi connectivity index (χ3v) is 3.12. The van der Waals surface area contributed by atoms with Crippen LogP contribution in [0.5, 0.6) is 0 Å². The summed E-state index contributed by atoms with van der Waals surface area (Å²) in [7, 11) is 0. The standard InChI is InChI=1S/C17H23N3O4/c1-17(2,3)24-16(23)20-13-6-4-5-11(9-13)15(22)18-10-14(21)19-12-7-8-12/h4-6,9,12H,7-8,10H2,1-3H3,(H,18,22)(H,19,21)(H,20,23). The SMILES string of the molecule is CC(C)(C)OC(=O)Nc1cccc(C(=O)NCC(=O)NC2CC2)c1. The summed E-state index contributed by atoms with van der Waals surface area (Å²) in [6, 6.07) is 6.69. The molecule has 1 aromatic rings. The Hall–Kier alpha value is -2.57. The van der Waals surface area contributed by atoms with Gasteiger partial charge in [-0.05, 0) is 51.8 Å². The fourth-order valence-corrected chi connectivity index (χ4v) is 1.93. The van der Waals surface area contributed by atoms with Crippen LogP contribution in [0.2, 0.25) is 0 Å². The first-order chi connectivity index (χ1) is 11.2. The molecule has 0 unspecified atom stereocenters. The first-order valence-electron chi connectivity index (χ1n) is 7.90. The zero-order valence-electron chi connectivity index (χ0n) is 14.1. The first-order valence-corrected chi connectivity index (χ1v) is 7.90. The Morgan fingerprint density at radius 2 is 1.92 bits per heavy atom. The predicted molar refractivity (Wildman–Crippen MR) is 89.8 cm³/mol. The van der Waals surface area contributed by atoms with Gasteiger partial charge in [0.05, 0.1) is 6.54 Å². The highest BCUT2D eigenvalue weighted by atomic mass is 16.6. The molecule has 1 saturated carbocycles. The number of nitrogens with one attached hydrogen (secondary N) is 3. The van der Waals surface area contributed by atoms with Gasteiger partial charge in [-0.25, -0.2) is 4.79 Å². The number of carbonyl (C=O) groups excluding carboxylic acids is 3. The molecule has 0 heterocycles. The lowest BCUT2D eigenvalue weighted by molar-refractivity contribution is -0.120. The van der Waals surface area contributed by atoms with E-state index >= 15 is 0 Å². The fraction of sp³-hybridized carbons (Fsp3) is 0.471. The van der Waals surface area contributed by atoms with Gasteiger partial charge in [-0.15, -0.1) is 0 Å². The number of carbonyl (C=O) groups is 3. The van der Waals surface area contributed by atoms with Crippen LogP contribution in [-0.2, 0) is 9.53 Å². The molecule has 0 aliphatic heterocycles. The summed E-state index contributed by atoms with van der Waals surface area (Å²) in [6.45, 7) is 5.23. The topological polar surface area (TPSA) is 96.5 Å². The van der Waals surface area contributed by atoms with E-state index in [0.29, 0.717) is 11.3 Å². The van der Waals surface area contributed by atoms with Crippen LogP contribution >= 0.6 is 0 Å². The Morgan fingerprint density at radius 1 is 1.21 bits per heavy atom. The summed E-state index contributed by atoms with van der Waals surface area (Å²) < 4.78 is 5.16. The van der Waals surface area contributed by atoms with E-state index < -0.39 is 11.7 Å². The molecule has 0 spiro atoms. The van der Waals surface area contributed by atoms with Gasteiger partial charge in [0, 0.05) is 17.3 Å². The number of anilines is 1. The van der Waals surface area contributed by atoms with Crippen LogP contribution in [-0.4, -0.2) is 36.1 Å². The van der Waals surface area contributed by atoms with E-state index in [4.69, 9.17) is 4.74 Å². The molecule has 0 aromatic heterocycles. The summed E-state index contributed by atoms with van der Waals surface area (Å²) in [5, 5.41) is 7.92. The molecule has 2 rings (SSSR count). The van der Waals surface area contributed by atoms with Gasteiger partial charge in [0.15, 0.2) is 0 Å². The van der Waals surface area contributed by atoms with Crippen molar-refractivity contribution in [2.75, 3.05) is 11.9 Å². The molecule has 3 amide bonds. The number of benzene rings is 1. The molecule has 130 valence electrons. The number of amides is 3. The van der Waals surface area contributed by atoms with Crippen molar-refractivity contribution in [1.29, 1.82) is 0 Å². The number of rotatable bonds is 5. The normalized spacial score (nSPS) is 13.8. The molecular formula is C17H23N3O4. The van der Waals surface area contributed by atoms with Crippen LogP contribution in [0.4, 0.5) is 10.5 Å². The Balaban J connectivity index is 1.87. The van der Waals surface area contributed by atoms with Crippen molar-refractivity contribution in [2.24, 2.45) is 0 Å². The van der Waals surface area contributed by atoms with Crippen LogP contribution in [0.1, 0.15) is 44.0 Å². The monoisotopic (exact) mass is 333 g/mol. The smallest absolute Gasteiger partial charge is 0.412 e. The molecule has 1 aromatic carbocycles. The van der Waals surface area contributed by atoms with Gasteiger partial charge in [-0.3, -0.25) is 14.9 Å². The first kappa shape index (κ1) is 17.8. The predicted octanol–water partition coefficient (Wildman–Crippen LogP) is 2.04. The lowest BCUT2D eigenvalue weighted by Gasteiger charge is -2.19. The van der Waals surface area contributed by atoms with Crippen molar-refractivity contribution in [3.8, 4) is 0 Å². The second-order valence-corrected chi connectivity index (χ2v) is 6.73. The molecular weight excluding hydrogens is 310 g/mol. The van der Waals surface area contributed by atoms with E-state index in [0.717, 1.165) is 12.8 Å². The lowest BCUT2D eigenvalue weighted by Crippen LogP contribution is -2.37. The molecule has 1 fully saturated rings. The van der Waals surface area contributed by atoms with Crippen LogP contribution in [0, 0.1) is 0 Å². The summed E-state index contributed by atoms with van der Waals surface area (Å²) in [4.78, 5) is 35.4. The molecule has 24 heavy (non-hydrogen) atoms. The maximum Gasteiger partial charge on any atom is 0.412 e. The van der Waals surface area contributed by atoms with Crippen molar-refractivity contribution >= 4 is 23.6 Å². The molecule has 0 atom stereocenters. The van der Waals surface area contributed by atoms with Gasteiger partial charge in [-0.2, -0.15) is 0 Å². The van der Waals surface area contributed by atoms with Gasteiger partial charge >= 0.3 is 6.09 Å². The summed E-state index contributed by atoms with van der Waals surface area (Å²) in [5.74, 6) is -0.581. The Morgan fingerprint density at radius 3 is 2.54 bits per heavy atom. The fourth-order valence-electron chi connectivity index (χ4n) is 1.93. The largest absolute Gasteiger partial charge is 0.444 e. The Kier molecular flexibility index (Phi) is 5.43. The second-order valence-electron chi connectivity index (χ2n) is 6.73. The summed E-state index contributed by atoms with van der Waals surface area (Å²) in [6.07, 6.45) is 1.40. The Bertz CT molecular complexity index is 633. The van der Waals surface area contributed by atoms with Crippen LogP contribution in [0.25, 0.3) is 0 Å². The third kappa shape index (κ3) is 6.28. The highest BCUT2D eigenvalue weighted by molar-refractivity contribution is 5.98. The summed E-state index contributed by atoms with van der Waals surface area (Å²) >= 11 is 0. The van der Waals surface area contributed by atoms with E-state index in [1.807, 2.05) is 0 Å². The number of hydrogen-bond donors (Lipinski definition) is 3. The van der Waals surface area contributed by atoms with E-state index in [1.165, 1.54) is 6.07 Å². The van der Waals surface area contributed by atoms with Crippen LogP contribution in [0.15, 0.2) is 24.3 Å². The second kappa shape index (κ2) is 7.33. The zero-order chi connectivity index (χ0) is 17.7. The summed E-state index contributed by atoms with van der Waals surface area (Å²) in [5.41, 5.74) is 0.190. The molecule has 0 bridgehead atoms. The number of hydrogen-bond acceptors (Lipinski definition) is 4. The molecule has 0 radical (unpaired) electrons. The maximum absolute atomic E-state index is 12.1. The van der Waals surface area contributed by atoms with Crippen LogP contribution in [0.3, 0.4) is 0 Å². The molecule has 7 heteroatoms. The van der Waals surface area contributed by atoms with Gasteiger partial charge in [-0.1, -0.05) is 6.07 Å². The van der Waals surface area contributed by atoms with Crippen molar-refractivity contribution in [3.63, 3.8) is 0 Å². The molecule has 7 nitrogen and oxygen atoms in total. The molecule has 0 saturated heterocycles. The molecule has 1 aliphatic rings. The van der Waals surface area contributed by atoms with Gasteiger partial charge in [0.25, 0.3) is 5.91 Å². The maximum atomic E-state index is 12.1. The van der Waals surface area contributed by atoms with Crippen molar-refractivity contribution in [1.82, 2.24) is 10.6 Å². The minimum Gasteiger partial charge on any atom is -0.444 e. The van der Waals surface area contributed by atoms with Crippen molar-refractivity contribution in [3.05, 3.63) is 29.8 Å². The zero-order valence-corrected chi connectivity index (χ0v) is 14.1. The minimum absolute atomic E-state index is 0.0704. The molecule has 1 aliphatic carbocycles. The Labute approximate surface area is 141 Å². The number of ether oxygens (including phenoxy) is 1. The van der Waals surface area contributed by atoms with Crippen molar-refractivity contribution in [2.45, 2.75) is 45.3 Å². The van der Waals surface area contributed by atoms with E-state index in [9.17, 15) is 14.4 Å². The lowest BCUT2D eigenvalue weighted by atomic mass is 10.2. The quantitative estimate of drug-likeness (QED) is 0.768. The minimum atomic E-state index is -0.603. The van der Waals surface area contributed by atoms with Crippen LogP contribution < -0.4 is 16.0 Å². The van der Waals surface area contributed by atoms with Gasteiger partial charge in [0.1, 0.15) is 5.60 Å².